The van der Waals surface area contributed by atoms with Crippen LogP contribution in [-0.2, 0) is 14.6 Å². The monoisotopic (exact) mass is 335 g/mol. The number of hydrogen-bond acceptors (Lipinski definition) is 7. The van der Waals surface area contributed by atoms with E-state index in [1.807, 2.05) is 0 Å². The van der Waals surface area contributed by atoms with E-state index in [1.165, 1.54) is 0 Å². The molecule has 1 amide bonds. The molecule has 0 radical (unpaired) electrons. The molecule has 0 aliphatic rings. The zero-order valence-corrected chi connectivity index (χ0v) is 13.7. The van der Waals surface area contributed by atoms with Crippen LogP contribution in [0.4, 0.5) is 10.7 Å². The predicted molar refractivity (Wildman–Crippen MR) is 80.5 cm³/mol. The van der Waals surface area contributed by atoms with Crippen LogP contribution in [0.1, 0.15) is 20.8 Å². The summed E-state index contributed by atoms with van der Waals surface area (Å²) in [5.74, 6) is -0.342. The van der Waals surface area contributed by atoms with Crippen molar-refractivity contribution in [2.24, 2.45) is 0 Å². The maximum atomic E-state index is 11.7. The lowest BCUT2D eigenvalue weighted by Crippen LogP contribution is -2.43. The van der Waals surface area contributed by atoms with Crippen molar-refractivity contribution in [1.29, 1.82) is 0 Å². The van der Waals surface area contributed by atoms with Crippen molar-refractivity contribution in [2.75, 3.05) is 18.1 Å². The van der Waals surface area contributed by atoms with Crippen molar-refractivity contribution in [1.82, 2.24) is 5.32 Å². The first-order chi connectivity index (χ1) is 9.40. The maximum absolute atomic E-state index is 11.7. The average molecular weight is 335 g/mol. The highest BCUT2D eigenvalue weighted by Crippen LogP contribution is 2.36. The van der Waals surface area contributed by atoms with E-state index in [-0.39, 0.29) is 27.3 Å². The van der Waals surface area contributed by atoms with Gasteiger partial charge in [0.1, 0.15) is 4.21 Å². The Morgan fingerprint density at radius 2 is 2.00 bits per heavy atom. The molecule has 0 fully saturated rings. The van der Waals surface area contributed by atoms with Crippen LogP contribution in [0, 0.1) is 10.1 Å². The number of anilines is 1. The lowest BCUT2D eigenvalue weighted by molar-refractivity contribution is -0.383. The molecular weight excluding hydrogens is 318 g/mol. The van der Waals surface area contributed by atoms with Gasteiger partial charge in [-0.25, -0.2) is 8.42 Å². The highest BCUT2D eigenvalue weighted by atomic mass is 32.2. The minimum Gasteiger partial charge on any atom is -0.362 e. The molecule has 0 saturated carbocycles. The standard InChI is InChI=1S/C11H17N3O5S2/c1-11(2,3)13-8(15)6-12-10-7(14(16)17)5-9(20-10)21(4,18)19/h5,12H,6H2,1-4H3,(H,13,15). The zero-order chi connectivity index (χ0) is 16.4. The second-order valence-electron chi connectivity index (χ2n) is 5.46. The van der Waals surface area contributed by atoms with Crippen LogP contribution in [0.3, 0.4) is 0 Å². The van der Waals surface area contributed by atoms with Gasteiger partial charge < -0.3 is 10.6 Å². The van der Waals surface area contributed by atoms with Gasteiger partial charge in [0.05, 0.1) is 11.5 Å². The molecule has 0 atom stereocenters. The summed E-state index contributed by atoms with van der Waals surface area (Å²) in [4.78, 5) is 21.9. The van der Waals surface area contributed by atoms with Crippen LogP contribution in [0.5, 0.6) is 0 Å². The Morgan fingerprint density at radius 1 is 1.43 bits per heavy atom. The van der Waals surface area contributed by atoms with Crippen LogP contribution in [-0.4, -0.2) is 37.6 Å². The van der Waals surface area contributed by atoms with Crippen LogP contribution in [0.15, 0.2) is 10.3 Å². The Balaban J connectivity index is 2.91. The summed E-state index contributed by atoms with van der Waals surface area (Å²) in [5, 5.41) is 16.3. The fourth-order valence-corrected chi connectivity index (χ4v) is 3.36. The molecule has 118 valence electrons. The number of nitrogens with one attached hydrogen (secondary N) is 2. The van der Waals surface area contributed by atoms with Crippen molar-refractivity contribution in [3.8, 4) is 0 Å². The molecule has 21 heavy (non-hydrogen) atoms. The normalized spacial score (nSPS) is 12.0. The van der Waals surface area contributed by atoms with Gasteiger partial charge in [0.15, 0.2) is 14.8 Å². The predicted octanol–water partition coefficient (Wildman–Crippen LogP) is 1.39. The Hall–Kier alpha value is -1.68. The molecule has 1 aromatic heterocycles. The Kier molecular flexibility index (Phi) is 4.95. The molecule has 2 N–H and O–H groups in total. The summed E-state index contributed by atoms with van der Waals surface area (Å²) in [5.41, 5.74) is -0.776. The topological polar surface area (TPSA) is 118 Å². The van der Waals surface area contributed by atoms with Crippen molar-refractivity contribution < 1.29 is 18.1 Å². The summed E-state index contributed by atoms with van der Waals surface area (Å²) < 4.78 is 22.7. The highest BCUT2D eigenvalue weighted by Gasteiger charge is 2.24. The first-order valence-electron chi connectivity index (χ1n) is 5.93. The Bertz CT molecular complexity index is 658. The summed E-state index contributed by atoms with van der Waals surface area (Å²) in [6.07, 6.45) is 0.971. The number of nitro groups is 1. The third-order valence-electron chi connectivity index (χ3n) is 2.18. The SMILES string of the molecule is CC(C)(C)NC(=O)CNc1sc(S(C)(=O)=O)cc1[N+](=O)[O-]. The van der Waals surface area contributed by atoms with Gasteiger partial charge in [-0.05, 0) is 20.8 Å². The summed E-state index contributed by atoms with van der Waals surface area (Å²) in [6, 6.07) is 0.990. The second kappa shape index (κ2) is 5.98. The molecule has 0 aromatic carbocycles. The molecule has 1 heterocycles. The largest absolute Gasteiger partial charge is 0.362 e. The molecule has 0 spiro atoms. The average Bonchev–Trinajstić information content (AvgIpc) is 2.67. The van der Waals surface area contributed by atoms with Gasteiger partial charge in [-0.3, -0.25) is 14.9 Å². The van der Waals surface area contributed by atoms with E-state index >= 15 is 0 Å². The van der Waals surface area contributed by atoms with E-state index in [4.69, 9.17) is 0 Å². The quantitative estimate of drug-likeness (QED) is 0.620. The number of hydrogen-bond donors (Lipinski definition) is 2. The number of carbonyl (C=O) groups is 1. The number of carbonyl (C=O) groups excluding carboxylic acids is 1. The number of rotatable bonds is 5. The van der Waals surface area contributed by atoms with Crippen molar-refractivity contribution >= 4 is 37.8 Å². The Morgan fingerprint density at radius 3 is 2.43 bits per heavy atom. The summed E-state index contributed by atoms with van der Waals surface area (Å²) >= 11 is 0.734. The summed E-state index contributed by atoms with van der Waals surface area (Å²) in [6.45, 7) is 5.24. The second-order valence-corrected chi connectivity index (χ2v) is 8.76. The molecule has 1 aromatic rings. The van der Waals surface area contributed by atoms with Gasteiger partial charge >= 0.3 is 5.69 Å². The van der Waals surface area contributed by atoms with Gasteiger partial charge in [-0.2, -0.15) is 0 Å². The first-order valence-corrected chi connectivity index (χ1v) is 8.64. The molecule has 0 bridgehead atoms. The lowest BCUT2D eigenvalue weighted by Gasteiger charge is -2.20. The maximum Gasteiger partial charge on any atom is 0.304 e. The molecule has 0 aliphatic carbocycles. The van der Waals surface area contributed by atoms with E-state index < -0.39 is 20.3 Å². The smallest absolute Gasteiger partial charge is 0.304 e. The van der Waals surface area contributed by atoms with Gasteiger partial charge in [-0.15, -0.1) is 0 Å². The van der Waals surface area contributed by atoms with Crippen molar-refractivity contribution in [2.45, 2.75) is 30.5 Å². The van der Waals surface area contributed by atoms with E-state index in [0.29, 0.717) is 0 Å². The number of sulfone groups is 1. The molecular formula is C11H17N3O5S2. The van der Waals surface area contributed by atoms with Crippen LogP contribution < -0.4 is 10.6 Å². The molecule has 0 unspecified atom stereocenters. The fourth-order valence-electron chi connectivity index (χ4n) is 1.43. The van der Waals surface area contributed by atoms with Gasteiger partial charge in [-0.1, -0.05) is 11.3 Å². The molecule has 10 heteroatoms. The Labute approximate surface area is 126 Å². The molecule has 8 nitrogen and oxygen atoms in total. The van der Waals surface area contributed by atoms with E-state index in [9.17, 15) is 23.3 Å². The summed E-state index contributed by atoms with van der Waals surface area (Å²) in [7, 11) is -3.53. The molecule has 0 aliphatic heterocycles. The van der Waals surface area contributed by atoms with Crippen LogP contribution >= 0.6 is 11.3 Å². The first kappa shape index (κ1) is 17.4. The van der Waals surface area contributed by atoms with E-state index in [1.54, 1.807) is 20.8 Å². The lowest BCUT2D eigenvalue weighted by atomic mass is 10.1. The molecule has 0 saturated heterocycles. The zero-order valence-electron chi connectivity index (χ0n) is 12.1. The minimum atomic E-state index is -3.53. The number of amides is 1. The number of nitrogens with zero attached hydrogens (tertiary/aromatic N) is 1. The van der Waals surface area contributed by atoms with Gasteiger partial charge in [0.2, 0.25) is 5.91 Å². The van der Waals surface area contributed by atoms with Crippen LogP contribution in [0.2, 0.25) is 0 Å². The minimum absolute atomic E-state index is 0.0458. The van der Waals surface area contributed by atoms with E-state index in [2.05, 4.69) is 10.6 Å². The molecule has 1 rings (SSSR count). The fraction of sp³-hybridized carbons (Fsp3) is 0.545. The van der Waals surface area contributed by atoms with Crippen molar-refractivity contribution in [3.05, 3.63) is 16.2 Å². The van der Waals surface area contributed by atoms with Crippen LogP contribution in [0.25, 0.3) is 0 Å². The third-order valence-corrected chi connectivity index (χ3v) is 5.06. The third kappa shape index (κ3) is 5.31. The van der Waals surface area contributed by atoms with Gasteiger partial charge in [0, 0.05) is 17.9 Å². The van der Waals surface area contributed by atoms with Crippen molar-refractivity contribution in [3.63, 3.8) is 0 Å². The number of thiophene rings is 1. The highest BCUT2D eigenvalue weighted by molar-refractivity contribution is 7.92. The van der Waals surface area contributed by atoms with E-state index in [0.717, 1.165) is 23.7 Å². The van der Waals surface area contributed by atoms with Gasteiger partial charge in [0.25, 0.3) is 0 Å².